The summed E-state index contributed by atoms with van der Waals surface area (Å²) in [6.07, 6.45) is 1.36. The van der Waals surface area contributed by atoms with Crippen molar-refractivity contribution in [1.29, 1.82) is 0 Å². The maximum Gasteiger partial charge on any atom is 0.321 e. The van der Waals surface area contributed by atoms with Crippen LogP contribution in [0, 0.1) is 0 Å². The monoisotopic (exact) mass is 302 g/mol. The van der Waals surface area contributed by atoms with Crippen LogP contribution in [0.5, 0.6) is 5.88 Å². The fourth-order valence-electron chi connectivity index (χ4n) is 1.76. The smallest absolute Gasteiger partial charge is 0.321 e. The number of amides is 3. The van der Waals surface area contributed by atoms with Gasteiger partial charge in [0.25, 0.3) is 5.91 Å². The highest BCUT2D eigenvalue weighted by molar-refractivity contribution is 5.95. The Balaban J connectivity index is 1.95. The Labute approximate surface area is 128 Å². The highest BCUT2D eigenvalue weighted by Gasteiger charge is 2.16. The normalized spacial score (nSPS) is 11.0. The number of hydrogen-bond acceptors (Lipinski definition) is 5. The van der Waals surface area contributed by atoms with Gasteiger partial charge in [0.15, 0.2) is 6.61 Å². The number of para-hydroxylation sites is 1. The molecule has 0 saturated carbocycles. The van der Waals surface area contributed by atoms with Crippen LogP contribution in [-0.2, 0) is 4.79 Å². The predicted octanol–water partition coefficient (Wildman–Crippen LogP) is 1.63. The van der Waals surface area contributed by atoms with E-state index in [1.807, 2.05) is 39.0 Å². The number of imide groups is 1. The molecule has 2 rings (SSSR count). The lowest BCUT2D eigenvalue weighted by atomic mass is 10.1. The molecule has 0 aliphatic rings. The largest absolute Gasteiger partial charge is 0.467 e. The van der Waals surface area contributed by atoms with Gasteiger partial charge in [-0.1, -0.05) is 12.1 Å². The van der Waals surface area contributed by atoms with E-state index in [2.05, 4.69) is 20.6 Å². The highest BCUT2D eigenvalue weighted by Crippen LogP contribution is 2.20. The topological polar surface area (TPSA) is 93.2 Å². The lowest BCUT2D eigenvalue weighted by molar-refractivity contribution is -0.122. The zero-order valence-electron chi connectivity index (χ0n) is 12.7. The first kappa shape index (κ1) is 15.7. The summed E-state index contributed by atoms with van der Waals surface area (Å²) in [5, 5.41) is 5.53. The van der Waals surface area contributed by atoms with Crippen LogP contribution in [0.2, 0.25) is 0 Å². The fraction of sp³-hybridized carbons (Fsp3) is 0.333. The molecular formula is C15H18N4O3. The third-order valence-electron chi connectivity index (χ3n) is 2.59. The Morgan fingerprint density at radius 3 is 2.64 bits per heavy atom. The molecule has 7 nitrogen and oxygen atoms in total. The molecule has 116 valence electrons. The van der Waals surface area contributed by atoms with Crippen LogP contribution in [0.25, 0.3) is 10.9 Å². The maximum absolute atomic E-state index is 11.7. The number of ether oxygens (including phenoxy) is 1. The first-order chi connectivity index (χ1) is 10.3. The SMILES string of the molecule is CC(C)(C)NC(=O)NC(=O)COc1ncnc2ccccc12. The molecule has 0 saturated heterocycles. The number of fused-ring (bicyclic) bond motifs is 1. The summed E-state index contributed by atoms with van der Waals surface area (Å²) in [6.45, 7) is 5.15. The molecule has 1 aromatic heterocycles. The summed E-state index contributed by atoms with van der Waals surface area (Å²) in [6, 6.07) is 6.74. The van der Waals surface area contributed by atoms with Crippen LogP contribution in [0.4, 0.5) is 4.79 Å². The summed E-state index contributed by atoms with van der Waals surface area (Å²) in [4.78, 5) is 31.4. The molecule has 0 aliphatic carbocycles. The van der Waals surface area contributed by atoms with Crippen LogP contribution in [-0.4, -0.2) is 34.1 Å². The fourth-order valence-corrected chi connectivity index (χ4v) is 1.76. The van der Waals surface area contributed by atoms with Crippen molar-refractivity contribution in [2.45, 2.75) is 26.3 Å². The van der Waals surface area contributed by atoms with Gasteiger partial charge in [0.05, 0.1) is 10.9 Å². The molecule has 0 radical (unpaired) electrons. The van der Waals surface area contributed by atoms with E-state index in [1.54, 1.807) is 6.07 Å². The number of benzene rings is 1. The van der Waals surface area contributed by atoms with Gasteiger partial charge in [-0.15, -0.1) is 0 Å². The van der Waals surface area contributed by atoms with Gasteiger partial charge in [-0.2, -0.15) is 0 Å². The van der Waals surface area contributed by atoms with Crippen molar-refractivity contribution in [3.8, 4) is 5.88 Å². The van der Waals surface area contributed by atoms with Crippen molar-refractivity contribution in [3.63, 3.8) is 0 Å². The molecule has 2 aromatic rings. The van der Waals surface area contributed by atoms with E-state index in [1.165, 1.54) is 6.33 Å². The number of nitrogens with zero attached hydrogens (tertiary/aromatic N) is 2. The summed E-state index contributed by atoms with van der Waals surface area (Å²) >= 11 is 0. The van der Waals surface area contributed by atoms with E-state index >= 15 is 0 Å². The zero-order valence-corrected chi connectivity index (χ0v) is 12.7. The number of carbonyl (C=O) groups is 2. The molecule has 22 heavy (non-hydrogen) atoms. The van der Waals surface area contributed by atoms with Gasteiger partial charge in [0.1, 0.15) is 6.33 Å². The number of rotatable bonds is 3. The number of aromatic nitrogens is 2. The van der Waals surface area contributed by atoms with Crippen molar-refractivity contribution >= 4 is 22.8 Å². The Kier molecular flexibility index (Phi) is 4.55. The first-order valence-electron chi connectivity index (χ1n) is 6.80. The Hall–Kier alpha value is -2.70. The second kappa shape index (κ2) is 6.38. The van der Waals surface area contributed by atoms with Gasteiger partial charge in [-0.3, -0.25) is 10.1 Å². The highest BCUT2D eigenvalue weighted by atomic mass is 16.5. The molecule has 0 aliphatic heterocycles. The van der Waals surface area contributed by atoms with Gasteiger partial charge in [0, 0.05) is 5.54 Å². The lowest BCUT2D eigenvalue weighted by Gasteiger charge is -2.20. The molecule has 3 amide bonds. The molecular weight excluding hydrogens is 284 g/mol. The molecule has 0 spiro atoms. The Morgan fingerprint density at radius 2 is 1.91 bits per heavy atom. The minimum atomic E-state index is -0.561. The summed E-state index contributed by atoms with van der Waals surface area (Å²) in [7, 11) is 0. The first-order valence-corrected chi connectivity index (χ1v) is 6.80. The van der Waals surface area contributed by atoms with E-state index in [0.717, 1.165) is 5.52 Å². The number of carbonyl (C=O) groups excluding carboxylic acids is 2. The maximum atomic E-state index is 11.7. The van der Waals surface area contributed by atoms with E-state index in [4.69, 9.17) is 4.74 Å². The quantitative estimate of drug-likeness (QED) is 0.899. The molecule has 1 heterocycles. The molecule has 7 heteroatoms. The van der Waals surface area contributed by atoms with E-state index in [-0.39, 0.29) is 6.61 Å². The summed E-state index contributed by atoms with van der Waals surface area (Å²) < 4.78 is 5.37. The summed E-state index contributed by atoms with van der Waals surface area (Å²) in [5.41, 5.74) is 0.298. The van der Waals surface area contributed by atoms with Crippen molar-refractivity contribution in [2.24, 2.45) is 0 Å². The summed E-state index contributed by atoms with van der Waals surface area (Å²) in [5.74, 6) is -0.249. The van der Waals surface area contributed by atoms with Gasteiger partial charge in [0.2, 0.25) is 5.88 Å². The second-order valence-corrected chi connectivity index (χ2v) is 5.74. The van der Waals surface area contributed by atoms with Crippen LogP contribution >= 0.6 is 0 Å². The Morgan fingerprint density at radius 1 is 1.18 bits per heavy atom. The van der Waals surface area contributed by atoms with E-state index in [0.29, 0.717) is 11.3 Å². The molecule has 2 N–H and O–H groups in total. The van der Waals surface area contributed by atoms with Gasteiger partial charge >= 0.3 is 6.03 Å². The molecule has 0 unspecified atom stereocenters. The van der Waals surface area contributed by atoms with Crippen LogP contribution in [0.15, 0.2) is 30.6 Å². The molecule has 1 aromatic carbocycles. The molecule has 0 atom stereocenters. The number of nitrogens with one attached hydrogen (secondary N) is 2. The van der Waals surface area contributed by atoms with Gasteiger partial charge in [-0.05, 0) is 32.9 Å². The van der Waals surface area contributed by atoms with Crippen molar-refractivity contribution in [2.75, 3.05) is 6.61 Å². The molecule has 0 fully saturated rings. The average molecular weight is 302 g/mol. The van der Waals surface area contributed by atoms with Gasteiger partial charge in [-0.25, -0.2) is 14.8 Å². The third-order valence-corrected chi connectivity index (χ3v) is 2.59. The van der Waals surface area contributed by atoms with E-state index in [9.17, 15) is 9.59 Å². The van der Waals surface area contributed by atoms with Crippen molar-refractivity contribution in [3.05, 3.63) is 30.6 Å². The standard InChI is InChI=1S/C15H18N4O3/c1-15(2,3)19-14(21)18-12(20)8-22-13-10-6-4-5-7-11(10)16-9-17-13/h4-7,9H,8H2,1-3H3,(H2,18,19,20,21). The van der Waals surface area contributed by atoms with E-state index < -0.39 is 17.5 Å². The minimum Gasteiger partial charge on any atom is -0.467 e. The van der Waals surface area contributed by atoms with Crippen LogP contribution in [0.1, 0.15) is 20.8 Å². The van der Waals surface area contributed by atoms with Crippen LogP contribution < -0.4 is 15.4 Å². The second-order valence-electron chi connectivity index (χ2n) is 5.74. The van der Waals surface area contributed by atoms with Crippen molar-refractivity contribution in [1.82, 2.24) is 20.6 Å². The third kappa shape index (κ3) is 4.41. The zero-order chi connectivity index (χ0) is 16.2. The predicted molar refractivity (Wildman–Crippen MR) is 81.5 cm³/mol. The lowest BCUT2D eigenvalue weighted by Crippen LogP contribution is -2.49. The van der Waals surface area contributed by atoms with Gasteiger partial charge < -0.3 is 10.1 Å². The van der Waals surface area contributed by atoms with Crippen molar-refractivity contribution < 1.29 is 14.3 Å². The minimum absolute atomic E-state index is 0.303. The van der Waals surface area contributed by atoms with Crippen LogP contribution in [0.3, 0.4) is 0 Å². The average Bonchev–Trinajstić information content (AvgIpc) is 2.43. The molecule has 0 bridgehead atoms. The number of urea groups is 1. The Bertz CT molecular complexity index is 689. The number of hydrogen-bond donors (Lipinski definition) is 2.